The number of carbonyl (C=O) groups excluding carboxylic acids is 1. The first-order valence-corrected chi connectivity index (χ1v) is 8.80. The number of aromatic nitrogens is 3. The van der Waals surface area contributed by atoms with Gasteiger partial charge in [0, 0.05) is 50.7 Å². The molecule has 1 amide bonds. The van der Waals surface area contributed by atoms with Gasteiger partial charge in [-0.1, -0.05) is 0 Å². The van der Waals surface area contributed by atoms with Gasteiger partial charge in [-0.15, -0.1) is 0 Å². The minimum absolute atomic E-state index is 0.119. The monoisotopic (exact) mass is 345 g/mol. The summed E-state index contributed by atoms with van der Waals surface area (Å²) in [5.74, 6) is -0.184. The van der Waals surface area contributed by atoms with Gasteiger partial charge in [0.15, 0.2) is 5.65 Å². The maximum Gasteiger partial charge on any atom is 0.272 e. The van der Waals surface area contributed by atoms with Crippen LogP contribution in [0.2, 0.25) is 0 Å². The van der Waals surface area contributed by atoms with Crippen LogP contribution in [-0.4, -0.2) is 63.8 Å². The summed E-state index contributed by atoms with van der Waals surface area (Å²) in [6, 6.07) is 1.83. The van der Waals surface area contributed by atoms with Crippen molar-refractivity contribution in [1.29, 1.82) is 0 Å². The molecule has 1 saturated heterocycles. The molecule has 1 saturated carbocycles. The first-order valence-electron chi connectivity index (χ1n) is 8.80. The van der Waals surface area contributed by atoms with Crippen molar-refractivity contribution in [3.8, 4) is 0 Å². The van der Waals surface area contributed by atoms with Crippen LogP contribution >= 0.6 is 0 Å². The Hall–Kier alpha value is -2.19. The lowest BCUT2D eigenvalue weighted by atomic mass is 10.1. The number of rotatable bonds is 4. The van der Waals surface area contributed by atoms with Gasteiger partial charge in [0.05, 0.1) is 6.10 Å². The zero-order valence-electron chi connectivity index (χ0n) is 14.3. The number of methoxy groups -OCH3 is 1. The number of fused-ring (bicyclic) bond motifs is 1. The third-order valence-electron chi connectivity index (χ3n) is 5.44. The highest BCUT2D eigenvalue weighted by Crippen LogP contribution is 2.28. The van der Waals surface area contributed by atoms with Crippen molar-refractivity contribution in [2.75, 3.05) is 20.2 Å². The number of nitrogens with zero attached hydrogens (tertiary/aromatic N) is 3. The summed E-state index contributed by atoms with van der Waals surface area (Å²) in [6.45, 7) is 1.94. The molecule has 3 heterocycles. The van der Waals surface area contributed by atoms with Crippen LogP contribution in [0.25, 0.3) is 5.65 Å². The van der Waals surface area contributed by atoms with E-state index in [2.05, 4.69) is 20.3 Å². The van der Waals surface area contributed by atoms with E-state index in [1.54, 1.807) is 13.3 Å². The van der Waals surface area contributed by atoms with E-state index in [9.17, 15) is 9.59 Å². The molecule has 0 spiro atoms. The van der Waals surface area contributed by atoms with Gasteiger partial charge in [-0.25, -0.2) is 9.50 Å². The van der Waals surface area contributed by atoms with Crippen LogP contribution < -0.4 is 10.9 Å². The van der Waals surface area contributed by atoms with Gasteiger partial charge in [-0.05, 0) is 25.7 Å². The van der Waals surface area contributed by atoms with Crippen molar-refractivity contribution < 1.29 is 9.53 Å². The second-order valence-corrected chi connectivity index (χ2v) is 6.85. The minimum atomic E-state index is -0.231. The molecular weight excluding hydrogens is 322 g/mol. The molecule has 0 aromatic carbocycles. The number of ether oxygens (including phenoxy) is 1. The number of carbonyl (C=O) groups is 1. The van der Waals surface area contributed by atoms with Crippen LogP contribution in [0.3, 0.4) is 0 Å². The zero-order valence-corrected chi connectivity index (χ0v) is 14.3. The average molecular weight is 345 g/mol. The molecule has 0 radical (unpaired) electrons. The number of hydrogen-bond acceptors (Lipinski definition) is 5. The number of likely N-dealkylation sites (tertiary alicyclic amines) is 1. The van der Waals surface area contributed by atoms with Crippen LogP contribution in [0.5, 0.6) is 0 Å². The standard InChI is InChI=1S/C17H23N5O3/c1-25-11-6-8-21(10-11)14-4-2-3-13(14)20-17(24)12-9-19-22-15(23)5-7-18-16(12)22/h5,7,9,11,13-14,19H,2-4,6,8,10H2,1H3,(H,20,24)/t11?,13-,14+/m1/s1. The summed E-state index contributed by atoms with van der Waals surface area (Å²) in [7, 11) is 1.76. The van der Waals surface area contributed by atoms with Crippen molar-refractivity contribution in [2.45, 2.75) is 43.9 Å². The number of H-pyrrole nitrogens is 1. The van der Waals surface area contributed by atoms with E-state index in [0.29, 0.717) is 23.4 Å². The largest absolute Gasteiger partial charge is 0.380 e. The Morgan fingerprint density at radius 3 is 3.08 bits per heavy atom. The van der Waals surface area contributed by atoms with Crippen LogP contribution in [0.15, 0.2) is 23.3 Å². The molecule has 8 nitrogen and oxygen atoms in total. The third-order valence-corrected chi connectivity index (χ3v) is 5.44. The average Bonchev–Trinajstić information content (AvgIpc) is 3.33. The fraction of sp³-hybridized carbons (Fsp3) is 0.588. The van der Waals surface area contributed by atoms with Gasteiger partial charge in [0.25, 0.3) is 11.5 Å². The van der Waals surface area contributed by atoms with Gasteiger partial charge in [0.2, 0.25) is 0 Å². The predicted octanol–water partition coefficient (Wildman–Crippen LogP) is 0.394. The number of hydrogen-bond donors (Lipinski definition) is 2. The maximum atomic E-state index is 12.7. The lowest BCUT2D eigenvalue weighted by Gasteiger charge is -2.29. The number of aromatic amines is 1. The van der Waals surface area contributed by atoms with E-state index >= 15 is 0 Å². The van der Waals surface area contributed by atoms with E-state index in [1.807, 2.05) is 0 Å². The molecule has 2 aliphatic rings. The van der Waals surface area contributed by atoms with Crippen molar-refractivity contribution in [3.05, 3.63) is 34.4 Å². The Morgan fingerprint density at radius 1 is 1.40 bits per heavy atom. The van der Waals surface area contributed by atoms with E-state index in [0.717, 1.165) is 38.8 Å². The number of amides is 1. The molecule has 2 N–H and O–H groups in total. The van der Waals surface area contributed by atoms with Crippen LogP contribution in [-0.2, 0) is 4.74 Å². The fourth-order valence-corrected chi connectivity index (χ4v) is 4.12. The van der Waals surface area contributed by atoms with Crippen molar-refractivity contribution in [1.82, 2.24) is 24.8 Å². The van der Waals surface area contributed by atoms with Crippen molar-refractivity contribution >= 4 is 11.6 Å². The van der Waals surface area contributed by atoms with Gasteiger partial charge in [0.1, 0.15) is 5.56 Å². The van der Waals surface area contributed by atoms with Crippen molar-refractivity contribution in [3.63, 3.8) is 0 Å². The normalized spacial score (nSPS) is 27.2. The van der Waals surface area contributed by atoms with Crippen LogP contribution in [0.1, 0.15) is 36.0 Å². The Morgan fingerprint density at radius 2 is 2.28 bits per heavy atom. The zero-order chi connectivity index (χ0) is 17.4. The summed E-state index contributed by atoms with van der Waals surface area (Å²) in [6.07, 6.45) is 7.47. The topological polar surface area (TPSA) is 91.7 Å². The highest BCUT2D eigenvalue weighted by molar-refractivity contribution is 5.99. The smallest absolute Gasteiger partial charge is 0.272 e. The van der Waals surface area contributed by atoms with E-state index < -0.39 is 0 Å². The summed E-state index contributed by atoms with van der Waals surface area (Å²) < 4.78 is 6.74. The molecule has 134 valence electrons. The van der Waals surface area contributed by atoms with Gasteiger partial charge >= 0.3 is 0 Å². The maximum absolute atomic E-state index is 12.7. The first kappa shape index (κ1) is 16.3. The summed E-state index contributed by atoms with van der Waals surface area (Å²) in [5.41, 5.74) is 0.533. The molecule has 8 heteroatoms. The Balaban J connectivity index is 1.50. The second-order valence-electron chi connectivity index (χ2n) is 6.85. The summed E-state index contributed by atoms with van der Waals surface area (Å²) in [4.78, 5) is 31.1. The molecule has 3 atom stereocenters. The molecule has 2 fully saturated rings. The molecule has 25 heavy (non-hydrogen) atoms. The SMILES string of the molecule is COC1CCN([C@H]2CCC[C@H]2NC(=O)c2c[nH]n3c(=O)ccnc23)C1. The highest BCUT2D eigenvalue weighted by atomic mass is 16.5. The highest BCUT2D eigenvalue weighted by Gasteiger charge is 2.37. The Kier molecular flexibility index (Phi) is 4.30. The summed E-state index contributed by atoms with van der Waals surface area (Å²) >= 11 is 0. The lowest BCUT2D eigenvalue weighted by Crippen LogP contribution is -2.48. The van der Waals surface area contributed by atoms with Crippen molar-refractivity contribution in [2.24, 2.45) is 0 Å². The lowest BCUT2D eigenvalue weighted by molar-refractivity contribution is 0.0874. The quantitative estimate of drug-likeness (QED) is 0.837. The summed E-state index contributed by atoms with van der Waals surface area (Å²) in [5, 5.41) is 5.95. The van der Waals surface area contributed by atoms with Crippen LogP contribution in [0.4, 0.5) is 0 Å². The minimum Gasteiger partial charge on any atom is -0.380 e. The van der Waals surface area contributed by atoms with Gasteiger partial charge in [-0.3, -0.25) is 19.6 Å². The van der Waals surface area contributed by atoms with E-state index in [-0.39, 0.29) is 17.5 Å². The molecule has 2 aromatic heterocycles. The molecular formula is C17H23N5O3. The van der Waals surface area contributed by atoms with E-state index in [1.165, 1.54) is 16.8 Å². The molecule has 1 aliphatic carbocycles. The molecule has 1 unspecified atom stereocenters. The van der Waals surface area contributed by atoms with E-state index in [4.69, 9.17) is 4.74 Å². The molecule has 2 aromatic rings. The Labute approximate surface area is 145 Å². The molecule has 1 aliphatic heterocycles. The second kappa shape index (κ2) is 6.61. The molecule has 0 bridgehead atoms. The molecule has 4 rings (SSSR count). The van der Waals surface area contributed by atoms with Crippen LogP contribution in [0, 0.1) is 0 Å². The fourth-order valence-electron chi connectivity index (χ4n) is 4.12. The first-order chi connectivity index (χ1) is 12.2. The van der Waals surface area contributed by atoms with Gasteiger partial charge < -0.3 is 10.1 Å². The van der Waals surface area contributed by atoms with Gasteiger partial charge in [-0.2, -0.15) is 0 Å². The Bertz CT molecular complexity index is 829. The number of nitrogens with one attached hydrogen (secondary N) is 2. The predicted molar refractivity (Wildman–Crippen MR) is 91.7 cm³/mol. The third kappa shape index (κ3) is 2.96.